The van der Waals surface area contributed by atoms with E-state index in [9.17, 15) is 4.79 Å². The number of hydrogen-bond acceptors (Lipinski definition) is 6. The lowest BCUT2D eigenvalue weighted by atomic mass is 10.2. The molecule has 33 heavy (non-hydrogen) atoms. The van der Waals surface area contributed by atoms with E-state index in [1.54, 1.807) is 38.7 Å². The van der Waals surface area contributed by atoms with Gasteiger partial charge in [0.2, 0.25) is 5.91 Å². The highest BCUT2D eigenvalue weighted by Gasteiger charge is 2.23. The zero-order valence-corrected chi connectivity index (χ0v) is 21.7. The van der Waals surface area contributed by atoms with Gasteiger partial charge in [-0.15, -0.1) is 24.0 Å². The Morgan fingerprint density at radius 2 is 2.00 bits per heavy atom. The largest absolute Gasteiger partial charge is 0.497 e. The van der Waals surface area contributed by atoms with E-state index in [1.807, 2.05) is 25.1 Å². The molecule has 1 fully saturated rings. The number of rotatable bonds is 9. The van der Waals surface area contributed by atoms with Gasteiger partial charge in [-0.2, -0.15) is 0 Å². The summed E-state index contributed by atoms with van der Waals surface area (Å²) in [6, 6.07) is 9.77. The topological polar surface area (TPSA) is 100 Å². The highest BCUT2D eigenvalue weighted by Crippen LogP contribution is 2.24. The number of aromatic nitrogens is 1. The number of carbonyl (C=O) groups is 1. The molecule has 1 amide bonds. The first-order chi connectivity index (χ1) is 15.6. The van der Waals surface area contributed by atoms with Gasteiger partial charge in [-0.3, -0.25) is 14.7 Å². The first-order valence-corrected chi connectivity index (χ1v) is 10.8. The van der Waals surface area contributed by atoms with Crippen molar-refractivity contribution in [2.45, 2.75) is 25.9 Å². The predicted octanol–water partition coefficient (Wildman–Crippen LogP) is 2.48. The van der Waals surface area contributed by atoms with E-state index >= 15 is 0 Å². The lowest BCUT2D eigenvalue weighted by Gasteiger charge is -2.19. The Hall–Kier alpha value is -2.60. The number of aliphatic imine (C=N–C) groups is 1. The molecular formula is C23H33IN6O3. The zero-order valence-electron chi connectivity index (χ0n) is 19.3. The Labute approximate surface area is 212 Å². The molecule has 1 aromatic carbocycles. The van der Waals surface area contributed by atoms with Gasteiger partial charge in [-0.25, -0.2) is 4.99 Å². The Bertz CT molecular complexity index is 890. The van der Waals surface area contributed by atoms with Crippen molar-refractivity contribution >= 4 is 41.5 Å². The van der Waals surface area contributed by atoms with E-state index < -0.39 is 0 Å². The maximum absolute atomic E-state index is 12.2. The van der Waals surface area contributed by atoms with Crippen LogP contribution in [0.4, 0.5) is 5.69 Å². The van der Waals surface area contributed by atoms with Crippen molar-refractivity contribution in [1.82, 2.24) is 20.5 Å². The van der Waals surface area contributed by atoms with Crippen LogP contribution in [0.2, 0.25) is 0 Å². The lowest BCUT2D eigenvalue weighted by Crippen LogP contribution is -2.45. The molecule has 0 aliphatic carbocycles. The molecule has 9 nitrogen and oxygen atoms in total. The molecule has 1 aliphatic heterocycles. The second kappa shape index (κ2) is 13.8. The Morgan fingerprint density at radius 3 is 2.64 bits per heavy atom. The van der Waals surface area contributed by atoms with Gasteiger partial charge >= 0.3 is 0 Å². The van der Waals surface area contributed by atoms with Gasteiger partial charge in [-0.05, 0) is 43.2 Å². The van der Waals surface area contributed by atoms with Crippen molar-refractivity contribution < 1.29 is 14.3 Å². The van der Waals surface area contributed by atoms with Crippen LogP contribution in [0.1, 0.15) is 18.9 Å². The number of carbonyl (C=O) groups excluding carboxylic acids is 1. The number of nitrogens with one attached hydrogen (secondary N) is 3. The molecule has 1 unspecified atom stereocenters. The van der Waals surface area contributed by atoms with Crippen LogP contribution in [0.5, 0.6) is 11.5 Å². The summed E-state index contributed by atoms with van der Waals surface area (Å²) in [7, 11) is 3.32. The third-order valence-corrected chi connectivity index (χ3v) is 5.10. The summed E-state index contributed by atoms with van der Waals surface area (Å²) < 4.78 is 10.8. The molecule has 1 aliphatic rings. The van der Waals surface area contributed by atoms with Gasteiger partial charge in [0.05, 0.1) is 26.1 Å². The molecular weight excluding hydrogens is 535 g/mol. The fourth-order valence-corrected chi connectivity index (χ4v) is 3.61. The predicted molar refractivity (Wildman–Crippen MR) is 141 cm³/mol. The molecule has 10 heteroatoms. The summed E-state index contributed by atoms with van der Waals surface area (Å²) in [4.78, 5) is 23.0. The minimum atomic E-state index is -0.185. The van der Waals surface area contributed by atoms with Gasteiger partial charge in [0.1, 0.15) is 18.0 Å². The minimum absolute atomic E-state index is 0. The quantitative estimate of drug-likeness (QED) is 0.243. The van der Waals surface area contributed by atoms with E-state index in [-0.39, 0.29) is 42.5 Å². The molecule has 2 aromatic rings. The number of halogens is 1. The molecule has 3 rings (SSSR count). The highest BCUT2D eigenvalue weighted by molar-refractivity contribution is 14.0. The molecule has 3 N–H and O–H groups in total. The maximum Gasteiger partial charge on any atom is 0.246 e. The fraction of sp³-hybridized carbons (Fsp3) is 0.435. The SMILES string of the molecule is CCNC(=NCC(=O)Nc1cccnc1)NC1CCN(Cc2cc(OC)cc(OC)c2)C1.I. The molecule has 0 spiro atoms. The van der Waals surface area contributed by atoms with E-state index in [2.05, 4.69) is 30.8 Å². The average Bonchev–Trinajstić information content (AvgIpc) is 3.24. The summed E-state index contributed by atoms with van der Waals surface area (Å²) in [5.74, 6) is 2.04. The normalized spacial score (nSPS) is 16.0. The second-order valence-corrected chi connectivity index (χ2v) is 7.57. The van der Waals surface area contributed by atoms with E-state index in [0.717, 1.165) is 49.7 Å². The maximum atomic E-state index is 12.2. The van der Waals surface area contributed by atoms with Crippen LogP contribution in [0.25, 0.3) is 0 Å². The Kier molecular flexibility index (Phi) is 11.2. The van der Waals surface area contributed by atoms with Crippen LogP contribution in [0.3, 0.4) is 0 Å². The number of hydrogen-bond donors (Lipinski definition) is 3. The van der Waals surface area contributed by atoms with Crippen LogP contribution >= 0.6 is 24.0 Å². The first kappa shape index (κ1) is 26.7. The molecule has 0 bridgehead atoms. The smallest absolute Gasteiger partial charge is 0.246 e. The summed E-state index contributed by atoms with van der Waals surface area (Å²) in [6.07, 6.45) is 4.26. The Balaban J connectivity index is 0.00000385. The minimum Gasteiger partial charge on any atom is -0.497 e. The average molecular weight is 568 g/mol. The number of methoxy groups -OCH3 is 2. The number of nitrogens with zero attached hydrogens (tertiary/aromatic N) is 3. The lowest BCUT2D eigenvalue weighted by molar-refractivity contribution is -0.114. The van der Waals surface area contributed by atoms with E-state index in [1.165, 1.54) is 0 Å². The monoisotopic (exact) mass is 568 g/mol. The second-order valence-electron chi connectivity index (χ2n) is 7.57. The van der Waals surface area contributed by atoms with E-state index in [4.69, 9.17) is 9.47 Å². The first-order valence-electron chi connectivity index (χ1n) is 10.8. The van der Waals surface area contributed by atoms with Gasteiger partial charge in [0.25, 0.3) is 0 Å². The van der Waals surface area contributed by atoms with Crippen LogP contribution in [-0.2, 0) is 11.3 Å². The fourth-order valence-electron chi connectivity index (χ4n) is 3.61. The number of anilines is 1. The molecule has 2 heterocycles. The van der Waals surface area contributed by atoms with Crippen molar-refractivity contribution in [3.8, 4) is 11.5 Å². The molecule has 0 saturated carbocycles. The number of likely N-dealkylation sites (tertiary alicyclic amines) is 1. The number of ether oxygens (including phenoxy) is 2. The molecule has 1 atom stereocenters. The summed E-state index contributed by atoms with van der Waals surface area (Å²) in [5.41, 5.74) is 1.81. The number of benzene rings is 1. The highest BCUT2D eigenvalue weighted by atomic mass is 127. The standard InChI is InChI=1S/C23H32N6O3.HI/c1-4-25-23(26-14-22(30)27-18-6-5-8-24-13-18)28-19-7-9-29(16-19)15-17-10-20(31-2)12-21(11-17)32-3;/h5-6,8,10-13,19H,4,7,9,14-16H2,1-3H3,(H,27,30)(H2,25,26,28);1H. The van der Waals surface area contributed by atoms with Crippen LogP contribution in [0.15, 0.2) is 47.7 Å². The summed E-state index contributed by atoms with van der Waals surface area (Å²) in [6.45, 7) is 5.42. The third kappa shape index (κ3) is 8.69. The third-order valence-electron chi connectivity index (χ3n) is 5.10. The zero-order chi connectivity index (χ0) is 22.8. The Morgan fingerprint density at radius 1 is 1.24 bits per heavy atom. The van der Waals surface area contributed by atoms with Crippen molar-refractivity contribution in [1.29, 1.82) is 0 Å². The molecule has 180 valence electrons. The van der Waals surface area contributed by atoms with Crippen molar-refractivity contribution in [2.24, 2.45) is 4.99 Å². The number of amides is 1. The summed E-state index contributed by atoms with van der Waals surface area (Å²) >= 11 is 0. The molecule has 1 saturated heterocycles. The van der Waals surface area contributed by atoms with E-state index in [0.29, 0.717) is 11.6 Å². The van der Waals surface area contributed by atoms with Gasteiger partial charge in [-0.1, -0.05) is 0 Å². The van der Waals surface area contributed by atoms with Gasteiger partial charge in [0.15, 0.2) is 5.96 Å². The van der Waals surface area contributed by atoms with Gasteiger partial charge in [0, 0.05) is 44.5 Å². The van der Waals surface area contributed by atoms with Crippen LogP contribution < -0.4 is 25.4 Å². The molecule has 0 radical (unpaired) electrons. The van der Waals surface area contributed by atoms with Crippen LogP contribution in [-0.4, -0.2) is 68.2 Å². The summed E-state index contributed by atoms with van der Waals surface area (Å²) in [5, 5.41) is 9.46. The number of pyridine rings is 1. The van der Waals surface area contributed by atoms with Crippen LogP contribution in [0, 0.1) is 0 Å². The van der Waals surface area contributed by atoms with Crippen molar-refractivity contribution in [3.63, 3.8) is 0 Å². The number of guanidine groups is 1. The molecule has 1 aromatic heterocycles. The van der Waals surface area contributed by atoms with Gasteiger partial charge < -0.3 is 25.4 Å². The van der Waals surface area contributed by atoms with Crippen molar-refractivity contribution in [2.75, 3.05) is 45.7 Å². The van der Waals surface area contributed by atoms with Crippen molar-refractivity contribution in [3.05, 3.63) is 48.3 Å².